The molecule has 0 bridgehead atoms. The molecule has 1 heterocycles. The topological polar surface area (TPSA) is 123 Å². The molecule has 1 saturated heterocycles. The molecule has 0 spiro atoms. The highest BCUT2D eigenvalue weighted by atomic mass is 35.5. The van der Waals surface area contributed by atoms with Gasteiger partial charge in [-0.05, 0) is 76.0 Å². The molecule has 2 amide bonds. The Morgan fingerprint density at radius 1 is 1.13 bits per heavy atom. The molecule has 3 N–H and O–H groups in total. The summed E-state index contributed by atoms with van der Waals surface area (Å²) in [5.74, 6) is -3.73. The average Bonchev–Trinajstić information content (AvgIpc) is 2.89. The highest BCUT2D eigenvalue weighted by Crippen LogP contribution is 2.42. The van der Waals surface area contributed by atoms with Gasteiger partial charge in [-0.25, -0.2) is 4.90 Å². The summed E-state index contributed by atoms with van der Waals surface area (Å²) in [6.07, 6.45) is 2.64. The first kappa shape index (κ1) is 28.9. The number of rotatable bonds is 7. The van der Waals surface area contributed by atoms with Crippen LogP contribution in [-0.2, 0) is 14.4 Å². The summed E-state index contributed by atoms with van der Waals surface area (Å²) in [5.41, 5.74) is 4.54. The minimum Gasteiger partial charge on any atom is -0.505 e. The lowest BCUT2D eigenvalue weighted by Crippen LogP contribution is -2.56. The molecule has 39 heavy (non-hydrogen) atoms. The molecule has 11 heteroatoms. The Hall–Kier alpha value is -3.14. The molecule has 208 valence electrons. The van der Waals surface area contributed by atoms with Crippen molar-refractivity contribution >= 4 is 58.1 Å². The van der Waals surface area contributed by atoms with E-state index in [0.717, 1.165) is 17.7 Å². The van der Waals surface area contributed by atoms with E-state index in [1.165, 1.54) is 12.1 Å². The summed E-state index contributed by atoms with van der Waals surface area (Å²) in [6, 6.07) is 9.82. The molecular formula is C28H32Cl2N4O5. The maximum atomic E-state index is 13.6. The molecule has 2 aromatic carbocycles. The van der Waals surface area contributed by atoms with E-state index in [0.29, 0.717) is 47.1 Å². The number of nitrogens with zero attached hydrogens (tertiary/aromatic N) is 3. The van der Waals surface area contributed by atoms with E-state index in [1.54, 1.807) is 31.2 Å². The minimum absolute atomic E-state index is 0.0133. The van der Waals surface area contributed by atoms with Crippen molar-refractivity contribution in [3.05, 3.63) is 52.0 Å². The zero-order valence-electron chi connectivity index (χ0n) is 22.0. The van der Waals surface area contributed by atoms with Crippen LogP contribution in [0.3, 0.4) is 0 Å². The molecule has 2 aromatic rings. The van der Waals surface area contributed by atoms with Crippen LogP contribution in [0.4, 0.5) is 11.4 Å². The van der Waals surface area contributed by atoms with E-state index in [-0.39, 0.29) is 16.7 Å². The quantitative estimate of drug-likeness (QED) is 0.235. The number of benzene rings is 2. The van der Waals surface area contributed by atoms with Gasteiger partial charge in [0.15, 0.2) is 0 Å². The molecule has 4 unspecified atom stereocenters. The van der Waals surface area contributed by atoms with Crippen molar-refractivity contribution in [3.63, 3.8) is 0 Å². The third kappa shape index (κ3) is 6.05. The minimum atomic E-state index is -0.817. The molecule has 2 fully saturated rings. The van der Waals surface area contributed by atoms with Crippen LogP contribution in [0.2, 0.25) is 10.0 Å². The molecule has 2 aliphatic rings. The van der Waals surface area contributed by atoms with Gasteiger partial charge < -0.3 is 15.1 Å². The summed E-state index contributed by atoms with van der Waals surface area (Å²) in [7, 11) is 3.65. The number of carbonyl (C=O) groups excluding carboxylic acids is 2. The Balaban J connectivity index is 1.64. The summed E-state index contributed by atoms with van der Waals surface area (Å²) < 4.78 is 0. The summed E-state index contributed by atoms with van der Waals surface area (Å²) in [6.45, 7) is 1.99. The Kier molecular flexibility index (Phi) is 8.83. The maximum Gasteiger partial charge on any atom is 0.306 e. The molecule has 9 nitrogen and oxygen atoms in total. The van der Waals surface area contributed by atoms with Crippen LogP contribution >= 0.6 is 23.2 Å². The second-order valence-corrected chi connectivity index (χ2v) is 11.3. The molecule has 1 aliphatic carbocycles. The number of aromatic hydroxyl groups is 1. The smallest absolute Gasteiger partial charge is 0.306 e. The number of anilines is 2. The normalized spacial score (nSPS) is 24.9. The molecule has 0 aromatic heterocycles. The zero-order valence-corrected chi connectivity index (χ0v) is 23.5. The van der Waals surface area contributed by atoms with Gasteiger partial charge >= 0.3 is 5.97 Å². The number of hydrogen-bond acceptors (Lipinski definition) is 7. The van der Waals surface area contributed by atoms with Gasteiger partial charge in [-0.15, -0.1) is 0 Å². The number of imide groups is 1. The van der Waals surface area contributed by atoms with Crippen LogP contribution in [0.1, 0.15) is 44.1 Å². The van der Waals surface area contributed by atoms with Gasteiger partial charge in [0.05, 0.1) is 44.9 Å². The molecule has 4 rings (SSSR count). The lowest BCUT2D eigenvalue weighted by Gasteiger charge is -2.36. The Morgan fingerprint density at radius 3 is 2.54 bits per heavy atom. The van der Waals surface area contributed by atoms with E-state index in [1.807, 2.05) is 19.0 Å². The number of hydrogen-bond donors (Lipinski definition) is 3. The first-order chi connectivity index (χ1) is 18.5. The van der Waals surface area contributed by atoms with Crippen LogP contribution < -0.4 is 10.3 Å². The van der Waals surface area contributed by atoms with Crippen LogP contribution in [0.15, 0.2) is 41.5 Å². The van der Waals surface area contributed by atoms with E-state index >= 15 is 0 Å². The van der Waals surface area contributed by atoms with E-state index in [4.69, 9.17) is 23.2 Å². The van der Waals surface area contributed by atoms with Gasteiger partial charge in [-0.2, -0.15) is 5.10 Å². The van der Waals surface area contributed by atoms with Crippen molar-refractivity contribution in [2.45, 2.75) is 38.5 Å². The number of phenolic OH excluding ortho intramolecular Hbond substituents is 1. The van der Waals surface area contributed by atoms with Crippen molar-refractivity contribution in [1.29, 1.82) is 0 Å². The first-order valence-electron chi connectivity index (χ1n) is 12.8. The SMILES string of the molecule is CC1C(=O)N(c2ccc(Cl)c(Cl)c2)C(=O)C(CN(C)C)/C1=N\Nc1cccc(C2CCCC(C(=O)O)C2)c1O. The number of nitrogens with one attached hydrogen (secondary N) is 1. The number of aliphatic carboxylic acids is 1. The Labute approximate surface area is 237 Å². The standard InChI is InChI=1S/C28H32Cl2N4O5/c1-15-24(20(14-33(2)3)27(37)34(26(15)36)18-10-11-21(29)22(30)13-18)32-31-23-9-5-8-19(25(23)35)16-6-4-7-17(12-16)28(38)39/h5,8-11,13,15-17,20,31,35H,4,6-7,12,14H2,1-3H3,(H,38,39)/b32-24-. The van der Waals surface area contributed by atoms with Crippen LogP contribution in [0.5, 0.6) is 5.75 Å². The number of carbonyl (C=O) groups is 3. The number of halogens is 2. The number of carboxylic acid groups (broad SMARTS) is 1. The highest BCUT2D eigenvalue weighted by molar-refractivity contribution is 6.42. The number of para-hydroxylation sites is 1. The van der Waals surface area contributed by atoms with Gasteiger partial charge in [0.25, 0.3) is 0 Å². The lowest BCUT2D eigenvalue weighted by molar-refractivity contribution is -0.143. The number of carboxylic acids is 1. The van der Waals surface area contributed by atoms with Crippen molar-refractivity contribution < 1.29 is 24.6 Å². The fourth-order valence-corrected chi connectivity index (χ4v) is 5.70. The molecular weight excluding hydrogens is 543 g/mol. The summed E-state index contributed by atoms with van der Waals surface area (Å²) >= 11 is 12.2. The van der Waals surface area contributed by atoms with Gasteiger partial charge in [-0.1, -0.05) is 41.8 Å². The van der Waals surface area contributed by atoms with E-state index in [2.05, 4.69) is 10.5 Å². The molecule has 0 radical (unpaired) electrons. The number of piperidine rings is 1. The van der Waals surface area contributed by atoms with E-state index in [9.17, 15) is 24.6 Å². The highest BCUT2D eigenvalue weighted by Gasteiger charge is 2.45. The number of amides is 2. The van der Waals surface area contributed by atoms with Crippen LogP contribution in [-0.4, -0.2) is 59.2 Å². The Bertz CT molecular complexity index is 1310. The average molecular weight is 575 g/mol. The summed E-state index contributed by atoms with van der Waals surface area (Å²) in [5, 5.41) is 25.6. The zero-order chi connectivity index (χ0) is 28.4. The fourth-order valence-electron chi connectivity index (χ4n) is 5.41. The first-order valence-corrected chi connectivity index (χ1v) is 13.6. The largest absolute Gasteiger partial charge is 0.505 e. The second kappa shape index (κ2) is 11.9. The van der Waals surface area contributed by atoms with Crippen LogP contribution in [0.25, 0.3) is 0 Å². The lowest BCUT2D eigenvalue weighted by atomic mass is 9.77. The van der Waals surface area contributed by atoms with Crippen molar-refractivity contribution in [2.24, 2.45) is 22.9 Å². The molecule has 1 saturated carbocycles. The van der Waals surface area contributed by atoms with Crippen molar-refractivity contribution in [2.75, 3.05) is 31.0 Å². The molecule has 4 atom stereocenters. The third-order valence-corrected chi connectivity index (χ3v) is 8.19. The van der Waals surface area contributed by atoms with Gasteiger partial charge in [0.1, 0.15) is 5.75 Å². The predicted octanol–water partition coefficient (Wildman–Crippen LogP) is 5.21. The van der Waals surface area contributed by atoms with E-state index < -0.39 is 35.5 Å². The monoisotopic (exact) mass is 574 g/mol. The fraction of sp³-hybridized carbons (Fsp3) is 0.429. The van der Waals surface area contributed by atoms with Gasteiger partial charge in [0.2, 0.25) is 11.8 Å². The van der Waals surface area contributed by atoms with Crippen molar-refractivity contribution in [3.8, 4) is 5.75 Å². The summed E-state index contributed by atoms with van der Waals surface area (Å²) in [4.78, 5) is 41.5. The third-order valence-electron chi connectivity index (χ3n) is 7.46. The van der Waals surface area contributed by atoms with Gasteiger partial charge in [-0.3, -0.25) is 19.8 Å². The molecule has 1 aliphatic heterocycles. The van der Waals surface area contributed by atoms with Crippen molar-refractivity contribution in [1.82, 2.24) is 4.90 Å². The second-order valence-electron chi connectivity index (χ2n) is 10.4. The Morgan fingerprint density at radius 2 is 1.87 bits per heavy atom. The predicted molar refractivity (Wildman–Crippen MR) is 152 cm³/mol. The number of hydrazone groups is 1. The van der Waals surface area contributed by atoms with Gasteiger partial charge in [0, 0.05) is 6.54 Å². The maximum absolute atomic E-state index is 13.6. The van der Waals surface area contributed by atoms with Crippen LogP contribution in [0, 0.1) is 17.8 Å². The number of phenols is 1.